The van der Waals surface area contributed by atoms with Gasteiger partial charge in [-0.15, -0.1) is 0 Å². The number of rotatable bonds is 0. The summed E-state index contributed by atoms with van der Waals surface area (Å²) in [6.45, 7) is 27.0. The molecule has 0 radical (unpaired) electrons. The van der Waals surface area contributed by atoms with Gasteiger partial charge in [-0.25, -0.2) is 0 Å². The van der Waals surface area contributed by atoms with Crippen LogP contribution in [-0.4, -0.2) is 0 Å². The van der Waals surface area contributed by atoms with Crippen molar-refractivity contribution in [3.05, 3.63) is 101 Å². The average molecular weight is 482 g/mol. The molecule has 0 saturated carbocycles. The molecule has 0 atom stereocenters. The molecule has 2 aromatic carbocycles. The Hall–Kier alpha value is -1.48. The minimum absolute atomic E-state index is 0. The smallest absolute Gasteiger partial charge is 0 e. The SMILES string of the molecule is [C-]#[O+].[C-]#[O+].[C-]#[O+].[C-]#[O+].[C-]#[O+].[C-]#[O+].[Mo].[Mo].[c-]1[c-][c-][cH-][c-]1.[c-]1[c-][c-][cH-][c-]1. The van der Waals surface area contributed by atoms with Crippen LogP contribution >= 0.6 is 0 Å². The summed E-state index contributed by atoms with van der Waals surface area (Å²) >= 11 is 0. The topological polar surface area (TPSA) is 119 Å². The summed E-state index contributed by atoms with van der Waals surface area (Å²) in [6.07, 6.45) is 0. The largest absolute Gasteiger partial charge is 0.999 e. The van der Waals surface area contributed by atoms with Gasteiger partial charge >= 0.3 is 67.8 Å². The zero-order valence-corrected chi connectivity index (χ0v) is 15.4. The molecule has 0 fully saturated rings. The van der Waals surface area contributed by atoms with Gasteiger partial charge < -0.3 is 60.7 Å². The first-order chi connectivity index (χ1) is 11.0. The van der Waals surface area contributed by atoms with E-state index in [1.807, 2.05) is 0 Å². The van der Waals surface area contributed by atoms with Gasteiger partial charge in [-0.3, -0.25) is 0 Å². The van der Waals surface area contributed by atoms with Gasteiger partial charge in [0.25, 0.3) is 0 Å². The van der Waals surface area contributed by atoms with Crippen LogP contribution in [0, 0.1) is 88.4 Å². The molecule has 6 nitrogen and oxygen atoms in total. The first-order valence-electron chi connectivity index (χ1n) is 3.88. The molecule has 0 bridgehead atoms. The van der Waals surface area contributed by atoms with Crippen LogP contribution < -0.4 is 0 Å². The molecule has 2 rings (SSSR count). The van der Waals surface area contributed by atoms with Gasteiger partial charge in [-0.2, -0.15) is 0 Å². The van der Waals surface area contributed by atoms with E-state index < -0.39 is 0 Å². The van der Waals surface area contributed by atoms with Gasteiger partial charge in [0, 0.05) is 42.1 Å². The normalized spacial score (nSPS) is 3.83. The van der Waals surface area contributed by atoms with Gasteiger partial charge in [-0.05, 0) is 0 Å². The molecule has 0 saturated heterocycles. The van der Waals surface area contributed by atoms with Crippen LogP contribution in [0.4, 0.5) is 0 Å². The molecule has 0 spiro atoms. The van der Waals surface area contributed by atoms with Crippen LogP contribution in [0.5, 0.6) is 0 Å². The second-order valence-electron chi connectivity index (χ2n) is 1.37. The number of hydrogen-bond donors (Lipinski definition) is 0. The Morgan fingerprint density at radius 2 is 0.500 bits per heavy atom. The summed E-state index contributed by atoms with van der Waals surface area (Å²) in [4.78, 5) is 0. The van der Waals surface area contributed by atoms with Crippen molar-refractivity contribution >= 4 is 0 Å². The third-order valence-corrected chi connectivity index (χ3v) is 0.702. The van der Waals surface area contributed by atoms with E-state index in [2.05, 4.69) is 88.4 Å². The third kappa shape index (κ3) is 108. The van der Waals surface area contributed by atoms with Crippen LogP contribution in [0.2, 0.25) is 0 Å². The van der Waals surface area contributed by atoms with Crippen molar-refractivity contribution < 1.29 is 70.0 Å². The summed E-state index contributed by atoms with van der Waals surface area (Å²) in [5.74, 6) is 0. The monoisotopic (exact) mass is 486 g/mol. The van der Waals surface area contributed by atoms with Crippen molar-refractivity contribution in [3.8, 4) is 0 Å². The molecular weight excluding hydrogens is 480 g/mol. The Morgan fingerprint density at radius 1 is 0.375 bits per heavy atom. The minimum Gasteiger partial charge on any atom is -0.999 e. The van der Waals surface area contributed by atoms with Crippen molar-refractivity contribution in [2.45, 2.75) is 0 Å². The molecule has 0 aliphatic rings. The molecule has 0 heterocycles. The van der Waals surface area contributed by atoms with Crippen LogP contribution in [0.1, 0.15) is 0 Å². The fourth-order valence-corrected chi connectivity index (χ4v) is 0.361. The Balaban J connectivity index is -0.0000000213. The first kappa shape index (κ1) is 49.5. The van der Waals surface area contributed by atoms with E-state index in [1.165, 1.54) is 0 Å². The molecule has 0 aliphatic carbocycles. The van der Waals surface area contributed by atoms with E-state index in [9.17, 15) is 0 Å². The summed E-state index contributed by atoms with van der Waals surface area (Å²) in [5.41, 5.74) is 0. The van der Waals surface area contributed by atoms with Crippen LogP contribution in [0.15, 0.2) is 12.1 Å². The van der Waals surface area contributed by atoms with Crippen molar-refractivity contribution in [2.75, 3.05) is 0 Å². The van der Waals surface area contributed by atoms with E-state index in [0.29, 0.717) is 0 Å². The Labute approximate surface area is 170 Å². The van der Waals surface area contributed by atoms with Crippen molar-refractivity contribution in [1.82, 2.24) is 0 Å². The summed E-state index contributed by atoms with van der Waals surface area (Å²) in [5, 5.41) is 0. The maximum absolute atomic E-state index is 7.50. The zero-order chi connectivity index (χ0) is 19.1. The van der Waals surface area contributed by atoms with E-state index in [-0.39, 0.29) is 42.1 Å². The van der Waals surface area contributed by atoms with E-state index >= 15 is 0 Å². The quantitative estimate of drug-likeness (QED) is 0.303. The maximum atomic E-state index is 7.50. The van der Waals surface area contributed by atoms with Crippen molar-refractivity contribution in [2.24, 2.45) is 0 Å². The Kier molecular flexibility index (Phi) is 257. The minimum atomic E-state index is 0. The summed E-state index contributed by atoms with van der Waals surface area (Å²) < 4.78 is 45.0. The Morgan fingerprint density at radius 3 is 0.542 bits per heavy atom. The third-order valence-electron chi connectivity index (χ3n) is 0.702. The van der Waals surface area contributed by atoms with E-state index in [1.54, 1.807) is 12.1 Å². The molecule has 0 amide bonds. The average Bonchev–Trinajstić information content (AvgIpc) is 3.43. The van der Waals surface area contributed by atoms with Crippen molar-refractivity contribution in [1.29, 1.82) is 0 Å². The summed E-state index contributed by atoms with van der Waals surface area (Å²) in [6, 6.07) is 24.0. The predicted molar refractivity (Wildman–Crippen MR) is 58.3 cm³/mol. The van der Waals surface area contributed by atoms with Gasteiger partial charge in [-0.1, -0.05) is 0 Å². The van der Waals surface area contributed by atoms with Crippen LogP contribution in [0.3, 0.4) is 0 Å². The van der Waals surface area contributed by atoms with Gasteiger partial charge in [0.05, 0.1) is 0 Å². The standard InChI is InChI=1S/2C5H.6CO.2Mo/c2*1-2-4-5-3-1;6*1-2;;/h2*1H;;;;;;;;/q2*-5;;;;;;;;. The zero-order valence-electron chi connectivity index (χ0n) is 11.4. The van der Waals surface area contributed by atoms with Crippen LogP contribution in [-0.2, 0) is 70.0 Å². The van der Waals surface area contributed by atoms with Gasteiger partial charge in [0.1, 0.15) is 0 Å². The fourth-order valence-electron chi connectivity index (χ4n) is 0.361. The molecule has 124 valence electrons. The fraction of sp³-hybridized carbons (Fsp3) is 0. The molecule has 0 N–H and O–H groups in total. The molecule has 0 aliphatic heterocycles. The predicted octanol–water partition coefficient (Wildman–Crippen LogP) is 0.982. The maximum Gasteiger partial charge on any atom is 0 e. The Bertz CT molecular complexity index is 329. The number of hydrogen-bond acceptors (Lipinski definition) is 0. The molecule has 2 aromatic rings. The molecule has 24 heavy (non-hydrogen) atoms. The van der Waals surface area contributed by atoms with Gasteiger partial charge in [0.2, 0.25) is 0 Å². The van der Waals surface area contributed by atoms with E-state index in [4.69, 9.17) is 27.9 Å². The van der Waals surface area contributed by atoms with Crippen LogP contribution in [0.25, 0.3) is 0 Å². The first-order valence-corrected chi connectivity index (χ1v) is 3.88. The van der Waals surface area contributed by atoms with E-state index in [0.717, 1.165) is 0 Å². The van der Waals surface area contributed by atoms with Gasteiger partial charge in [0.15, 0.2) is 0 Å². The summed E-state index contributed by atoms with van der Waals surface area (Å²) in [7, 11) is 0. The second kappa shape index (κ2) is 125. The molecule has 8 heteroatoms. The second-order valence-corrected chi connectivity index (χ2v) is 1.37. The van der Waals surface area contributed by atoms with Crippen molar-refractivity contribution in [3.63, 3.8) is 0 Å². The molecule has 0 aromatic heterocycles. The molecule has 0 unspecified atom stereocenters. The molecular formula is C16H2Mo2O6-10.